The number of aromatic nitrogens is 3. The van der Waals surface area contributed by atoms with Crippen LogP contribution in [0.2, 0.25) is 0 Å². The average molecular weight is 328 g/mol. The maximum atomic E-state index is 11.5. The minimum atomic E-state index is 0.0389. The summed E-state index contributed by atoms with van der Waals surface area (Å²) in [4.78, 5) is 23.4. The number of hydrogen-bond donors (Lipinski definition) is 2. The molecule has 3 N–H and O–H groups in total. The molecule has 4 aromatic rings. The summed E-state index contributed by atoms with van der Waals surface area (Å²) in [5.41, 5.74) is 11.1. The molecule has 5 heteroatoms. The molecule has 0 aliphatic rings. The minimum absolute atomic E-state index is 0.0389. The van der Waals surface area contributed by atoms with Gasteiger partial charge in [-0.15, -0.1) is 0 Å². The van der Waals surface area contributed by atoms with Crippen LogP contribution >= 0.6 is 0 Å². The molecule has 0 unspecified atom stereocenters. The maximum absolute atomic E-state index is 11.5. The molecule has 2 heterocycles. The van der Waals surface area contributed by atoms with Gasteiger partial charge in [-0.05, 0) is 18.6 Å². The van der Waals surface area contributed by atoms with Crippen molar-refractivity contribution in [2.45, 2.75) is 6.92 Å². The van der Waals surface area contributed by atoms with Crippen LogP contribution in [-0.2, 0) is 0 Å². The SMILES string of the molecule is CC(=O)c1ccc(-c2cnc(N)nc2-c2c[nH]c3ccccc23)cc1. The number of anilines is 1. The van der Waals surface area contributed by atoms with Crippen LogP contribution in [-0.4, -0.2) is 20.7 Å². The molecule has 0 aliphatic carbocycles. The van der Waals surface area contributed by atoms with Gasteiger partial charge in [-0.25, -0.2) is 9.97 Å². The molecule has 0 radical (unpaired) electrons. The highest BCUT2D eigenvalue weighted by Gasteiger charge is 2.15. The quantitative estimate of drug-likeness (QED) is 0.555. The smallest absolute Gasteiger partial charge is 0.220 e. The van der Waals surface area contributed by atoms with E-state index in [4.69, 9.17) is 5.73 Å². The molecule has 0 amide bonds. The lowest BCUT2D eigenvalue weighted by molar-refractivity contribution is 0.101. The van der Waals surface area contributed by atoms with E-state index in [1.54, 1.807) is 13.1 Å². The highest BCUT2D eigenvalue weighted by Crippen LogP contribution is 2.34. The van der Waals surface area contributed by atoms with Crippen molar-refractivity contribution in [1.29, 1.82) is 0 Å². The normalized spacial score (nSPS) is 10.9. The van der Waals surface area contributed by atoms with E-state index < -0.39 is 0 Å². The Morgan fingerprint density at radius 1 is 1.04 bits per heavy atom. The Bertz CT molecular complexity index is 1080. The number of benzene rings is 2. The van der Waals surface area contributed by atoms with Crippen molar-refractivity contribution in [3.8, 4) is 22.4 Å². The molecule has 5 nitrogen and oxygen atoms in total. The lowest BCUT2D eigenvalue weighted by Gasteiger charge is -2.09. The maximum Gasteiger partial charge on any atom is 0.220 e. The summed E-state index contributed by atoms with van der Waals surface area (Å²) in [6, 6.07) is 15.5. The van der Waals surface area contributed by atoms with Gasteiger partial charge in [0.2, 0.25) is 5.95 Å². The van der Waals surface area contributed by atoms with Crippen molar-refractivity contribution in [3.05, 3.63) is 66.5 Å². The summed E-state index contributed by atoms with van der Waals surface area (Å²) in [7, 11) is 0. The Morgan fingerprint density at radius 3 is 2.56 bits per heavy atom. The number of nitrogens with zero attached hydrogens (tertiary/aromatic N) is 2. The number of hydrogen-bond acceptors (Lipinski definition) is 4. The second kappa shape index (κ2) is 5.87. The third kappa shape index (κ3) is 2.65. The average Bonchev–Trinajstić information content (AvgIpc) is 3.06. The molecular formula is C20H16N4O. The fourth-order valence-corrected chi connectivity index (χ4v) is 2.96. The van der Waals surface area contributed by atoms with Gasteiger partial charge in [0.15, 0.2) is 5.78 Å². The van der Waals surface area contributed by atoms with E-state index in [1.165, 1.54) is 0 Å². The first-order chi connectivity index (χ1) is 12.1. The van der Waals surface area contributed by atoms with Crippen LogP contribution in [0.25, 0.3) is 33.3 Å². The molecule has 4 rings (SSSR count). The zero-order chi connectivity index (χ0) is 17.4. The van der Waals surface area contributed by atoms with Crippen LogP contribution in [0.3, 0.4) is 0 Å². The van der Waals surface area contributed by atoms with Gasteiger partial charge < -0.3 is 10.7 Å². The summed E-state index contributed by atoms with van der Waals surface area (Å²) in [5, 5.41) is 1.07. The second-order valence-corrected chi connectivity index (χ2v) is 5.87. The second-order valence-electron chi connectivity index (χ2n) is 5.87. The minimum Gasteiger partial charge on any atom is -0.368 e. The number of aromatic amines is 1. The molecule has 0 saturated carbocycles. The van der Waals surface area contributed by atoms with Crippen LogP contribution in [0.15, 0.2) is 60.9 Å². The number of rotatable bonds is 3. The molecule has 0 bridgehead atoms. The molecule has 2 aromatic heterocycles. The Labute approximate surface area is 144 Å². The van der Waals surface area contributed by atoms with Crippen molar-refractivity contribution in [2.24, 2.45) is 0 Å². The van der Waals surface area contributed by atoms with Crippen molar-refractivity contribution < 1.29 is 4.79 Å². The van der Waals surface area contributed by atoms with E-state index in [0.717, 1.165) is 33.3 Å². The number of nitrogens with two attached hydrogens (primary N) is 1. The number of nitrogens with one attached hydrogen (secondary N) is 1. The van der Waals surface area contributed by atoms with E-state index in [-0.39, 0.29) is 11.7 Å². The summed E-state index contributed by atoms with van der Waals surface area (Å²) in [6.45, 7) is 1.55. The first-order valence-electron chi connectivity index (χ1n) is 7.94. The van der Waals surface area contributed by atoms with Crippen molar-refractivity contribution in [3.63, 3.8) is 0 Å². The monoisotopic (exact) mass is 328 g/mol. The first-order valence-corrected chi connectivity index (χ1v) is 7.94. The number of para-hydroxylation sites is 1. The van der Waals surface area contributed by atoms with Crippen LogP contribution in [0.4, 0.5) is 5.95 Å². The number of carbonyl (C=O) groups excluding carboxylic acids is 1. The number of nitrogen functional groups attached to an aromatic ring is 1. The number of ketones is 1. The predicted molar refractivity (Wildman–Crippen MR) is 99.2 cm³/mol. The third-order valence-electron chi connectivity index (χ3n) is 4.25. The largest absolute Gasteiger partial charge is 0.368 e. The van der Waals surface area contributed by atoms with Crippen molar-refractivity contribution in [2.75, 3.05) is 5.73 Å². The topological polar surface area (TPSA) is 84.7 Å². The first kappa shape index (κ1) is 15.1. The summed E-state index contributed by atoms with van der Waals surface area (Å²) in [6.07, 6.45) is 3.65. The van der Waals surface area contributed by atoms with Crippen LogP contribution in [0.5, 0.6) is 0 Å². The van der Waals surface area contributed by atoms with E-state index in [1.807, 2.05) is 54.7 Å². The Balaban J connectivity index is 1.91. The fraction of sp³-hybridized carbons (Fsp3) is 0.0500. The van der Waals surface area contributed by atoms with Gasteiger partial charge >= 0.3 is 0 Å². The number of Topliss-reactive ketones (excluding diaryl/α,β-unsaturated/α-hetero) is 1. The third-order valence-corrected chi connectivity index (χ3v) is 4.25. The van der Waals surface area contributed by atoms with Crippen LogP contribution in [0.1, 0.15) is 17.3 Å². The zero-order valence-corrected chi connectivity index (χ0v) is 13.7. The van der Waals surface area contributed by atoms with Gasteiger partial charge in [0.1, 0.15) is 0 Å². The van der Waals surface area contributed by atoms with Crippen molar-refractivity contribution >= 4 is 22.6 Å². The van der Waals surface area contributed by atoms with Gasteiger partial charge in [0.05, 0.1) is 5.69 Å². The van der Waals surface area contributed by atoms with E-state index in [2.05, 4.69) is 15.0 Å². The highest BCUT2D eigenvalue weighted by molar-refractivity contribution is 5.99. The van der Waals surface area contributed by atoms with E-state index in [0.29, 0.717) is 5.56 Å². The molecular weight excluding hydrogens is 312 g/mol. The van der Waals surface area contributed by atoms with Crippen molar-refractivity contribution in [1.82, 2.24) is 15.0 Å². The zero-order valence-electron chi connectivity index (χ0n) is 13.7. The van der Waals surface area contributed by atoms with Gasteiger partial charge in [0.25, 0.3) is 0 Å². The lowest BCUT2D eigenvalue weighted by Crippen LogP contribution is -1.99. The fourth-order valence-electron chi connectivity index (χ4n) is 2.96. The number of carbonyl (C=O) groups is 1. The Morgan fingerprint density at radius 2 is 1.80 bits per heavy atom. The Kier molecular flexibility index (Phi) is 3.54. The summed E-state index contributed by atoms with van der Waals surface area (Å²) >= 11 is 0. The van der Waals surface area contributed by atoms with Gasteiger partial charge in [-0.1, -0.05) is 42.5 Å². The highest BCUT2D eigenvalue weighted by atomic mass is 16.1. The number of fused-ring (bicyclic) bond motifs is 1. The molecule has 0 atom stereocenters. The molecule has 2 aromatic carbocycles. The Hall–Kier alpha value is -3.47. The summed E-state index contributed by atoms with van der Waals surface area (Å²) < 4.78 is 0. The van der Waals surface area contributed by atoms with E-state index in [9.17, 15) is 4.79 Å². The van der Waals surface area contributed by atoms with Crippen LogP contribution in [0, 0.1) is 0 Å². The van der Waals surface area contributed by atoms with Crippen LogP contribution < -0.4 is 5.73 Å². The van der Waals surface area contributed by atoms with Gasteiger partial charge in [-0.3, -0.25) is 4.79 Å². The predicted octanol–water partition coefficient (Wildman–Crippen LogP) is 4.08. The molecule has 0 saturated heterocycles. The van der Waals surface area contributed by atoms with E-state index >= 15 is 0 Å². The lowest BCUT2D eigenvalue weighted by atomic mass is 9.99. The summed E-state index contributed by atoms with van der Waals surface area (Å²) in [5.74, 6) is 0.265. The molecule has 0 spiro atoms. The molecule has 0 aliphatic heterocycles. The molecule has 122 valence electrons. The van der Waals surface area contributed by atoms with Gasteiger partial charge in [-0.2, -0.15) is 0 Å². The standard InChI is InChI=1S/C20H16N4O/c1-12(25)13-6-8-14(9-7-13)16-10-23-20(21)24-19(16)17-11-22-18-5-3-2-4-15(17)18/h2-11,22H,1H3,(H2,21,23,24). The molecule has 25 heavy (non-hydrogen) atoms. The molecule has 0 fully saturated rings. The number of H-pyrrole nitrogens is 1. The van der Waals surface area contributed by atoms with Gasteiger partial charge in [0, 0.05) is 40.0 Å².